The van der Waals surface area contributed by atoms with Gasteiger partial charge >= 0.3 is 0 Å². The molecule has 5 nitrogen and oxygen atoms in total. The van der Waals surface area contributed by atoms with Crippen molar-refractivity contribution >= 4 is 27.1 Å². The molecule has 0 aliphatic heterocycles. The van der Waals surface area contributed by atoms with Crippen LogP contribution in [0.1, 0.15) is 42.5 Å². The van der Waals surface area contributed by atoms with Gasteiger partial charge in [0.25, 0.3) is 0 Å². The first-order valence-corrected chi connectivity index (χ1v) is 10.3. The minimum Gasteiger partial charge on any atom is -0.488 e. The molecule has 2 heterocycles. The van der Waals surface area contributed by atoms with Crippen molar-refractivity contribution in [2.75, 3.05) is 20.7 Å². The first-order chi connectivity index (χ1) is 13.2. The molecule has 0 saturated heterocycles. The van der Waals surface area contributed by atoms with Gasteiger partial charge in [-0.05, 0) is 58.2 Å². The second-order valence-electron chi connectivity index (χ2n) is 7.43. The topological polar surface area (TPSA) is 47.5 Å². The Balaban J connectivity index is 1.59. The van der Waals surface area contributed by atoms with Crippen LogP contribution in [0.4, 0.5) is 0 Å². The molecule has 0 spiro atoms. The van der Waals surface area contributed by atoms with Gasteiger partial charge in [0.15, 0.2) is 0 Å². The molecule has 0 unspecified atom stereocenters. The molecular weight excluding hydrogens is 358 g/mol. The van der Waals surface area contributed by atoms with Gasteiger partial charge in [0.1, 0.15) is 23.9 Å². The van der Waals surface area contributed by atoms with Crippen LogP contribution in [0.25, 0.3) is 15.8 Å². The molecule has 0 amide bonds. The van der Waals surface area contributed by atoms with Crippen LogP contribution in [0.15, 0.2) is 12.6 Å². The van der Waals surface area contributed by atoms with Gasteiger partial charge in [-0.15, -0.1) is 17.8 Å². The van der Waals surface area contributed by atoms with Crippen LogP contribution in [-0.2, 0) is 11.2 Å². The van der Waals surface area contributed by atoms with Crippen molar-refractivity contribution in [3.05, 3.63) is 23.0 Å². The molecule has 2 aromatic rings. The zero-order valence-electron chi connectivity index (χ0n) is 15.9. The molecule has 6 heteroatoms. The molecule has 4 rings (SSSR count). The Morgan fingerprint density at radius 2 is 2.07 bits per heavy atom. The predicted octanol–water partition coefficient (Wildman–Crippen LogP) is 3.88. The monoisotopic (exact) mass is 383 g/mol. The van der Waals surface area contributed by atoms with E-state index >= 15 is 0 Å². The number of aromatic nitrogens is 2. The van der Waals surface area contributed by atoms with Crippen molar-refractivity contribution in [3.63, 3.8) is 0 Å². The number of rotatable bonds is 5. The van der Waals surface area contributed by atoms with Gasteiger partial charge in [0, 0.05) is 16.5 Å². The van der Waals surface area contributed by atoms with Crippen LogP contribution >= 0.6 is 11.3 Å². The third-order valence-corrected chi connectivity index (χ3v) is 6.67. The van der Waals surface area contributed by atoms with E-state index in [-0.39, 0.29) is 12.7 Å². The van der Waals surface area contributed by atoms with Gasteiger partial charge in [-0.3, -0.25) is 0 Å². The zero-order valence-corrected chi connectivity index (χ0v) is 16.7. The number of ether oxygens (including phenoxy) is 2. The summed E-state index contributed by atoms with van der Waals surface area (Å²) in [7, 11) is 4.31. The lowest BCUT2D eigenvalue weighted by Crippen LogP contribution is -2.35. The average Bonchev–Trinajstić information content (AvgIpc) is 3.22. The van der Waals surface area contributed by atoms with Crippen LogP contribution < -0.4 is 4.74 Å². The molecule has 0 bridgehead atoms. The minimum absolute atomic E-state index is 0.223. The van der Waals surface area contributed by atoms with Gasteiger partial charge in [-0.25, -0.2) is 9.97 Å². The Kier molecular flexibility index (Phi) is 5.33. The summed E-state index contributed by atoms with van der Waals surface area (Å²) in [5.41, 5.74) is 2.37. The Morgan fingerprint density at radius 3 is 2.81 bits per heavy atom. The van der Waals surface area contributed by atoms with E-state index < -0.39 is 0 Å². The first-order valence-electron chi connectivity index (χ1n) is 9.51. The highest BCUT2D eigenvalue weighted by Crippen LogP contribution is 2.45. The van der Waals surface area contributed by atoms with Crippen molar-refractivity contribution < 1.29 is 9.47 Å². The van der Waals surface area contributed by atoms with E-state index in [1.165, 1.54) is 28.9 Å². The maximum Gasteiger partial charge on any atom is 0.226 e. The Labute approximate surface area is 164 Å². The highest BCUT2D eigenvalue weighted by Gasteiger charge is 2.29. The summed E-state index contributed by atoms with van der Waals surface area (Å²) in [6.07, 6.45) is 15.4. The standard InChI is InChI=1S/C21H25N3O2S/c1-4-11-25-12-14-5-10-17-18(14)19-20(22-13-23-21(19)27-17)26-16-8-6-15(7-9-16)24(2)3/h1,12-13,15-16H,5-11H2,2-3H3/b14-12+/t15-,16-. The maximum atomic E-state index is 6.39. The smallest absolute Gasteiger partial charge is 0.226 e. The molecule has 2 aliphatic carbocycles. The van der Waals surface area contributed by atoms with Gasteiger partial charge in [-0.2, -0.15) is 0 Å². The lowest BCUT2D eigenvalue weighted by Gasteiger charge is -2.32. The van der Waals surface area contributed by atoms with Crippen LogP contribution in [0.3, 0.4) is 0 Å². The van der Waals surface area contributed by atoms with Crippen molar-refractivity contribution in [3.8, 4) is 18.2 Å². The number of thiophene rings is 1. The number of terminal acetylenes is 1. The van der Waals surface area contributed by atoms with Crippen LogP contribution in [0.2, 0.25) is 0 Å². The summed E-state index contributed by atoms with van der Waals surface area (Å²) >= 11 is 1.74. The fourth-order valence-electron chi connectivity index (χ4n) is 4.08. The second-order valence-corrected chi connectivity index (χ2v) is 8.51. The lowest BCUT2D eigenvalue weighted by atomic mass is 9.92. The highest BCUT2D eigenvalue weighted by molar-refractivity contribution is 7.19. The molecular formula is C21H25N3O2S. The number of fused-ring (bicyclic) bond motifs is 3. The molecule has 0 atom stereocenters. The largest absolute Gasteiger partial charge is 0.488 e. The third-order valence-electron chi connectivity index (χ3n) is 5.51. The molecule has 2 aromatic heterocycles. The SMILES string of the molecule is C#CCO/C=C1\CCc2sc3ncnc(O[C@H]4CC[C@H](N(C)C)CC4)c3c21. The first kappa shape index (κ1) is 18.3. The maximum absolute atomic E-state index is 6.39. The summed E-state index contributed by atoms with van der Waals surface area (Å²) in [5, 5.41) is 1.04. The number of hydrogen-bond donors (Lipinski definition) is 0. The van der Waals surface area contributed by atoms with E-state index in [2.05, 4.69) is 34.9 Å². The van der Waals surface area contributed by atoms with Crippen molar-refractivity contribution in [1.82, 2.24) is 14.9 Å². The minimum atomic E-state index is 0.223. The van der Waals surface area contributed by atoms with Gasteiger partial charge in [0.2, 0.25) is 5.88 Å². The number of hydrogen-bond acceptors (Lipinski definition) is 6. The van der Waals surface area contributed by atoms with E-state index in [0.29, 0.717) is 6.04 Å². The normalized spacial score (nSPS) is 23.6. The van der Waals surface area contributed by atoms with Crippen molar-refractivity contribution in [2.24, 2.45) is 0 Å². The summed E-state index contributed by atoms with van der Waals surface area (Å²) in [4.78, 5) is 13.6. The Morgan fingerprint density at radius 1 is 1.26 bits per heavy atom. The molecule has 2 aliphatic rings. The molecule has 1 fully saturated rings. The highest BCUT2D eigenvalue weighted by atomic mass is 32.1. The third kappa shape index (κ3) is 3.67. The molecule has 1 saturated carbocycles. The fraction of sp³-hybridized carbons (Fsp3) is 0.524. The van der Waals surface area contributed by atoms with E-state index in [4.69, 9.17) is 15.9 Å². The number of allylic oxidation sites excluding steroid dienone is 1. The summed E-state index contributed by atoms with van der Waals surface area (Å²) in [6, 6.07) is 0.656. The molecule has 142 valence electrons. The van der Waals surface area contributed by atoms with Crippen molar-refractivity contribution in [1.29, 1.82) is 0 Å². The number of aryl methyl sites for hydroxylation is 1. The van der Waals surface area contributed by atoms with E-state index in [9.17, 15) is 0 Å². The summed E-state index contributed by atoms with van der Waals surface area (Å²) < 4.78 is 11.9. The van der Waals surface area contributed by atoms with Crippen LogP contribution in [0, 0.1) is 12.3 Å². The number of nitrogens with zero attached hydrogens (tertiary/aromatic N) is 3. The fourth-order valence-corrected chi connectivity index (χ4v) is 5.24. The Hall–Kier alpha value is -2.10. The quantitative estimate of drug-likeness (QED) is 0.445. The van der Waals surface area contributed by atoms with Crippen LogP contribution in [-0.4, -0.2) is 47.7 Å². The molecule has 0 aromatic carbocycles. The zero-order chi connectivity index (χ0) is 18.8. The van der Waals surface area contributed by atoms with Crippen LogP contribution in [0.5, 0.6) is 5.88 Å². The van der Waals surface area contributed by atoms with E-state index in [0.717, 1.165) is 41.8 Å². The van der Waals surface area contributed by atoms with Crippen molar-refractivity contribution in [2.45, 2.75) is 50.7 Å². The van der Waals surface area contributed by atoms with Gasteiger partial charge in [0.05, 0.1) is 11.6 Å². The Bertz CT molecular complexity index is 889. The van der Waals surface area contributed by atoms with E-state index in [1.54, 1.807) is 23.9 Å². The van der Waals surface area contributed by atoms with Gasteiger partial charge < -0.3 is 14.4 Å². The molecule has 27 heavy (non-hydrogen) atoms. The second kappa shape index (κ2) is 7.87. The lowest BCUT2D eigenvalue weighted by molar-refractivity contribution is 0.108. The summed E-state index contributed by atoms with van der Waals surface area (Å²) in [5.74, 6) is 3.22. The summed E-state index contributed by atoms with van der Waals surface area (Å²) in [6.45, 7) is 0.288. The average molecular weight is 384 g/mol. The molecule has 0 radical (unpaired) electrons. The van der Waals surface area contributed by atoms with E-state index in [1.807, 2.05) is 0 Å². The molecule has 0 N–H and O–H groups in total. The predicted molar refractivity (Wildman–Crippen MR) is 109 cm³/mol. The van der Waals surface area contributed by atoms with Gasteiger partial charge in [-0.1, -0.05) is 5.92 Å².